The maximum atomic E-state index is 10.7. The lowest BCUT2D eigenvalue weighted by Gasteiger charge is -2.15. The van der Waals surface area contributed by atoms with Gasteiger partial charge in [0.15, 0.2) is 0 Å². The Labute approximate surface area is 122 Å². The number of carboxylic acids is 1. The van der Waals surface area contributed by atoms with Gasteiger partial charge in [-0.2, -0.15) is 0 Å². The van der Waals surface area contributed by atoms with E-state index in [1.54, 1.807) is 24.3 Å². The summed E-state index contributed by atoms with van der Waals surface area (Å²) in [4.78, 5) is 10.7. The van der Waals surface area contributed by atoms with Crippen LogP contribution in [0.15, 0.2) is 54.6 Å². The lowest BCUT2D eigenvalue weighted by atomic mass is 10.0. The maximum Gasteiger partial charge on any atom is 0.323 e. The molecule has 2 unspecified atom stereocenters. The fourth-order valence-electron chi connectivity index (χ4n) is 1.84. The lowest BCUT2D eigenvalue weighted by Crippen LogP contribution is -2.36. The third-order valence-electron chi connectivity index (χ3n) is 3.10. The van der Waals surface area contributed by atoms with E-state index in [1.165, 1.54) is 0 Å². The molecule has 0 aliphatic heterocycles. The zero-order valence-corrected chi connectivity index (χ0v) is 11.3. The summed E-state index contributed by atoms with van der Waals surface area (Å²) in [7, 11) is 0. The number of rotatable bonds is 6. The SMILES string of the molecule is NC(C(=O)O)C(O)c1ccc(OCc2ccccc2)cc1. The molecule has 0 aliphatic carbocycles. The number of aliphatic carboxylic acids is 1. The first-order valence-corrected chi connectivity index (χ1v) is 6.51. The smallest absolute Gasteiger partial charge is 0.323 e. The van der Waals surface area contributed by atoms with Gasteiger partial charge in [-0.3, -0.25) is 4.79 Å². The van der Waals surface area contributed by atoms with E-state index in [9.17, 15) is 9.90 Å². The molecule has 0 radical (unpaired) electrons. The van der Waals surface area contributed by atoms with Crippen molar-refractivity contribution in [3.05, 3.63) is 65.7 Å². The zero-order valence-electron chi connectivity index (χ0n) is 11.3. The highest BCUT2D eigenvalue weighted by Gasteiger charge is 2.23. The molecule has 2 atom stereocenters. The van der Waals surface area contributed by atoms with E-state index in [4.69, 9.17) is 15.6 Å². The first-order valence-electron chi connectivity index (χ1n) is 6.51. The van der Waals surface area contributed by atoms with Gasteiger partial charge in [-0.1, -0.05) is 42.5 Å². The van der Waals surface area contributed by atoms with E-state index in [0.717, 1.165) is 5.56 Å². The Balaban J connectivity index is 1.97. The fourth-order valence-corrected chi connectivity index (χ4v) is 1.84. The van der Waals surface area contributed by atoms with Crippen molar-refractivity contribution < 1.29 is 19.7 Å². The average molecular weight is 287 g/mol. The number of benzene rings is 2. The first kappa shape index (κ1) is 15.0. The molecule has 2 rings (SSSR count). The van der Waals surface area contributed by atoms with E-state index in [2.05, 4.69) is 0 Å². The van der Waals surface area contributed by atoms with Crippen molar-refractivity contribution >= 4 is 5.97 Å². The van der Waals surface area contributed by atoms with Crippen LogP contribution < -0.4 is 10.5 Å². The number of hydrogen-bond donors (Lipinski definition) is 3. The minimum atomic E-state index is -1.35. The number of aliphatic hydroxyl groups is 1. The topological polar surface area (TPSA) is 92.8 Å². The molecule has 21 heavy (non-hydrogen) atoms. The largest absolute Gasteiger partial charge is 0.489 e. The molecule has 0 saturated heterocycles. The summed E-state index contributed by atoms with van der Waals surface area (Å²) in [6.45, 7) is 0.442. The van der Waals surface area contributed by atoms with Gasteiger partial charge in [0.25, 0.3) is 0 Å². The summed E-state index contributed by atoms with van der Waals surface area (Å²) in [6.07, 6.45) is -1.24. The highest BCUT2D eigenvalue weighted by atomic mass is 16.5. The number of carboxylic acid groups (broad SMARTS) is 1. The van der Waals surface area contributed by atoms with Gasteiger partial charge in [0, 0.05) is 0 Å². The Hall–Kier alpha value is -2.37. The summed E-state index contributed by atoms with van der Waals surface area (Å²) in [5.74, 6) is -0.606. The Bertz CT molecular complexity index is 583. The minimum Gasteiger partial charge on any atom is -0.489 e. The second kappa shape index (κ2) is 6.88. The second-order valence-corrected chi connectivity index (χ2v) is 4.65. The number of ether oxygens (including phenoxy) is 1. The van der Waals surface area contributed by atoms with Crippen LogP contribution in [-0.2, 0) is 11.4 Å². The Morgan fingerprint density at radius 3 is 2.29 bits per heavy atom. The van der Waals surface area contributed by atoms with Gasteiger partial charge in [-0.05, 0) is 23.3 Å². The van der Waals surface area contributed by atoms with Crippen molar-refractivity contribution in [1.82, 2.24) is 0 Å². The van der Waals surface area contributed by atoms with Crippen LogP contribution in [0.3, 0.4) is 0 Å². The monoisotopic (exact) mass is 287 g/mol. The molecule has 0 aromatic heterocycles. The zero-order chi connectivity index (χ0) is 15.2. The van der Waals surface area contributed by atoms with Crippen LogP contribution in [0, 0.1) is 0 Å². The maximum absolute atomic E-state index is 10.7. The van der Waals surface area contributed by atoms with Crippen LogP contribution in [-0.4, -0.2) is 22.2 Å². The minimum absolute atomic E-state index is 0.442. The second-order valence-electron chi connectivity index (χ2n) is 4.65. The van der Waals surface area contributed by atoms with Gasteiger partial charge in [0.05, 0.1) is 0 Å². The molecule has 0 saturated carbocycles. The number of carbonyl (C=O) groups is 1. The molecule has 0 fully saturated rings. The molecule has 0 bridgehead atoms. The highest BCUT2D eigenvalue weighted by molar-refractivity contribution is 5.74. The van der Waals surface area contributed by atoms with Crippen LogP contribution in [0.5, 0.6) is 5.75 Å². The molecule has 0 spiro atoms. The van der Waals surface area contributed by atoms with E-state index < -0.39 is 18.1 Å². The van der Waals surface area contributed by atoms with E-state index >= 15 is 0 Å². The molecule has 4 N–H and O–H groups in total. The van der Waals surface area contributed by atoms with Crippen LogP contribution in [0.1, 0.15) is 17.2 Å². The van der Waals surface area contributed by atoms with Crippen molar-refractivity contribution in [3.8, 4) is 5.75 Å². The van der Waals surface area contributed by atoms with E-state index in [0.29, 0.717) is 17.9 Å². The summed E-state index contributed by atoms with van der Waals surface area (Å²) in [6, 6.07) is 14.9. The number of nitrogens with two attached hydrogens (primary N) is 1. The van der Waals surface area contributed by atoms with Crippen molar-refractivity contribution in [3.63, 3.8) is 0 Å². The molecule has 0 heterocycles. The van der Waals surface area contributed by atoms with Gasteiger partial charge < -0.3 is 20.7 Å². The van der Waals surface area contributed by atoms with Crippen LogP contribution in [0.2, 0.25) is 0 Å². The van der Waals surface area contributed by atoms with Crippen molar-refractivity contribution in [1.29, 1.82) is 0 Å². The molecule has 5 nitrogen and oxygen atoms in total. The number of hydrogen-bond acceptors (Lipinski definition) is 4. The summed E-state index contributed by atoms with van der Waals surface area (Å²) < 4.78 is 5.61. The Kier molecular flexibility index (Phi) is 4.92. The van der Waals surface area contributed by atoms with Crippen molar-refractivity contribution in [2.75, 3.05) is 0 Å². The van der Waals surface area contributed by atoms with Crippen LogP contribution in [0.4, 0.5) is 0 Å². The van der Waals surface area contributed by atoms with Gasteiger partial charge in [0.1, 0.15) is 24.5 Å². The Morgan fingerprint density at radius 1 is 1.10 bits per heavy atom. The van der Waals surface area contributed by atoms with Gasteiger partial charge in [0.2, 0.25) is 0 Å². The molecular weight excluding hydrogens is 270 g/mol. The predicted molar refractivity (Wildman–Crippen MR) is 77.8 cm³/mol. The molecule has 110 valence electrons. The highest BCUT2D eigenvalue weighted by Crippen LogP contribution is 2.20. The summed E-state index contributed by atoms with van der Waals surface area (Å²) >= 11 is 0. The fraction of sp³-hybridized carbons (Fsp3) is 0.188. The quantitative estimate of drug-likeness (QED) is 0.752. The Morgan fingerprint density at radius 2 is 1.71 bits per heavy atom. The number of aliphatic hydroxyl groups excluding tert-OH is 1. The van der Waals surface area contributed by atoms with Crippen molar-refractivity contribution in [2.24, 2.45) is 5.73 Å². The molecule has 5 heteroatoms. The van der Waals surface area contributed by atoms with Gasteiger partial charge >= 0.3 is 5.97 Å². The molecule has 0 aliphatic rings. The van der Waals surface area contributed by atoms with Crippen LogP contribution >= 0.6 is 0 Å². The molecule has 2 aromatic rings. The molecular formula is C16H17NO4. The summed E-state index contributed by atoms with van der Waals surface area (Å²) in [5, 5.41) is 18.6. The predicted octanol–water partition coefficient (Wildman–Crippen LogP) is 1.71. The molecule has 2 aromatic carbocycles. The van der Waals surface area contributed by atoms with E-state index in [-0.39, 0.29) is 0 Å². The third-order valence-corrected chi connectivity index (χ3v) is 3.10. The van der Waals surface area contributed by atoms with Gasteiger partial charge in [-0.25, -0.2) is 0 Å². The van der Waals surface area contributed by atoms with Crippen LogP contribution in [0.25, 0.3) is 0 Å². The summed E-state index contributed by atoms with van der Waals surface area (Å²) in [5.41, 5.74) is 6.88. The third kappa shape index (κ3) is 4.05. The normalized spacial score (nSPS) is 13.4. The van der Waals surface area contributed by atoms with E-state index in [1.807, 2.05) is 30.3 Å². The lowest BCUT2D eigenvalue weighted by molar-refractivity contribution is -0.141. The average Bonchev–Trinajstić information content (AvgIpc) is 2.53. The van der Waals surface area contributed by atoms with Gasteiger partial charge in [-0.15, -0.1) is 0 Å². The first-order chi connectivity index (χ1) is 10.1. The standard InChI is InChI=1S/C16H17NO4/c17-14(16(19)20)15(18)12-6-8-13(9-7-12)21-10-11-4-2-1-3-5-11/h1-9,14-15,18H,10,17H2,(H,19,20). The molecule has 0 amide bonds. The van der Waals surface area contributed by atoms with Crippen molar-refractivity contribution in [2.45, 2.75) is 18.8 Å².